The SMILES string of the molecule is CC1CC(CO)C(S)C(C)N1Cc1ccccc1. The lowest BCUT2D eigenvalue weighted by Crippen LogP contribution is -2.53. The Kier molecular flexibility index (Phi) is 4.71. The highest BCUT2D eigenvalue weighted by molar-refractivity contribution is 7.81. The van der Waals surface area contributed by atoms with E-state index in [0.29, 0.717) is 18.0 Å². The van der Waals surface area contributed by atoms with Gasteiger partial charge in [0.05, 0.1) is 0 Å². The predicted molar refractivity (Wildman–Crippen MR) is 78.9 cm³/mol. The number of rotatable bonds is 3. The van der Waals surface area contributed by atoms with Gasteiger partial charge in [-0.3, -0.25) is 4.90 Å². The van der Waals surface area contributed by atoms with Crippen LogP contribution in [0.25, 0.3) is 0 Å². The summed E-state index contributed by atoms with van der Waals surface area (Å²) in [5.74, 6) is 0.324. The van der Waals surface area contributed by atoms with Gasteiger partial charge >= 0.3 is 0 Å². The Morgan fingerprint density at radius 2 is 1.94 bits per heavy atom. The lowest BCUT2D eigenvalue weighted by Gasteiger charge is -2.46. The van der Waals surface area contributed by atoms with E-state index in [9.17, 15) is 5.11 Å². The summed E-state index contributed by atoms with van der Waals surface area (Å²) in [6, 6.07) is 11.5. The zero-order valence-corrected chi connectivity index (χ0v) is 12.1. The fourth-order valence-electron chi connectivity index (χ4n) is 2.98. The predicted octanol–water partition coefficient (Wildman–Crippen LogP) is 2.58. The van der Waals surface area contributed by atoms with Crippen LogP contribution in [0.1, 0.15) is 25.8 Å². The van der Waals surface area contributed by atoms with Crippen LogP contribution < -0.4 is 0 Å². The van der Waals surface area contributed by atoms with E-state index in [4.69, 9.17) is 12.6 Å². The zero-order valence-electron chi connectivity index (χ0n) is 11.2. The summed E-state index contributed by atoms with van der Waals surface area (Å²) in [6.07, 6.45) is 1.03. The lowest BCUT2D eigenvalue weighted by atomic mass is 9.86. The van der Waals surface area contributed by atoms with E-state index in [1.165, 1.54) is 5.56 Å². The second-order valence-corrected chi connectivity index (χ2v) is 6.01. The van der Waals surface area contributed by atoms with Gasteiger partial charge in [0.15, 0.2) is 0 Å². The second kappa shape index (κ2) is 6.09. The van der Waals surface area contributed by atoms with Crippen LogP contribution in [-0.4, -0.2) is 33.9 Å². The van der Waals surface area contributed by atoms with Crippen molar-refractivity contribution in [3.63, 3.8) is 0 Å². The number of benzene rings is 1. The van der Waals surface area contributed by atoms with Crippen LogP contribution in [0.5, 0.6) is 0 Å². The highest BCUT2D eigenvalue weighted by atomic mass is 32.1. The van der Waals surface area contributed by atoms with Gasteiger partial charge in [-0.2, -0.15) is 12.6 Å². The van der Waals surface area contributed by atoms with E-state index in [-0.39, 0.29) is 11.9 Å². The molecule has 0 aliphatic carbocycles. The molecule has 1 heterocycles. The fourth-order valence-corrected chi connectivity index (χ4v) is 3.37. The van der Waals surface area contributed by atoms with Crippen LogP contribution in [0, 0.1) is 5.92 Å². The molecule has 1 aliphatic rings. The largest absolute Gasteiger partial charge is 0.396 e. The monoisotopic (exact) mass is 265 g/mol. The molecule has 0 aromatic heterocycles. The van der Waals surface area contributed by atoms with Crippen molar-refractivity contribution in [2.45, 2.75) is 44.1 Å². The van der Waals surface area contributed by atoms with Gasteiger partial charge in [-0.25, -0.2) is 0 Å². The summed E-state index contributed by atoms with van der Waals surface area (Å²) in [4.78, 5) is 2.50. The molecule has 1 aromatic rings. The molecule has 2 rings (SSSR count). The number of aliphatic hydroxyl groups is 1. The first-order chi connectivity index (χ1) is 8.63. The minimum absolute atomic E-state index is 0.252. The van der Waals surface area contributed by atoms with E-state index >= 15 is 0 Å². The molecular weight excluding hydrogens is 242 g/mol. The van der Waals surface area contributed by atoms with Crippen LogP contribution in [0.15, 0.2) is 30.3 Å². The van der Waals surface area contributed by atoms with Crippen LogP contribution in [-0.2, 0) is 6.54 Å². The van der Waals surface area contributed by atoms with Crippen LogP contribution in [0.4, 0.5) is 0 Å². The zero-order chi connectivity index (χ0) is 13.1. The van der Waals surface area contributed by atoms with Crippen molar-refractivity contribution in [1.29, 1.82) is 0 Å². The van der Waals surface area contributed by atoms with E-state index in [1.807, 2.05) is 0 Å². The molecule has 18 heavy (non-hydrogen) atoms. The van der Waals surface area contributed by atoms with Crippen molar-refractivity contribution in [3.8, 4) is 0 Å². The van der Waals surface area contributed by atoms with E-state index in [0.717, 1.165) is 13.0 Å². The number of nitrogens with zero attached hydrogens (tertiary/aromatic N) is 1. The van der Waals surface area contributed by atoms with Gasteiger partial charge in [-0.05, 0) is 31.7 Å². The third-order valence-corrected chi connectivity index (χ3v) is 5.01. The molecule has 1 saturated heterocycles. The van der Waals surface area contributed by atoms with Crippen molar-refractivity contribution >= 4 is 12.6 Å². The molecule has 1 aliphatic heterocycles. The number of likely N-dealkylation sites (tertiary alicyclic amines) is 1. The minimum atomic E-state index is 0.252. The van der Waals surface area contributed by atoms with Crippen molar-refractivity contribution in [2.75, 3.05) is 6.61 Å². The van der Waals surface area contributed by atoms with E-state index in [2.05, 4.69) is 49.1 Å². The highest BCUT2D eigenvalue weighted by Crippen LogP contribution is 2.32. The standard InChI is InChI=1S/C15H23NOS/c1-11-8-14(10-17)15(18)12(2)16(11)9-13-6-4-3-5-7-13/h3-7,11-12,14-15,17-18H,8-10H2,1-2H3. The third kappa shape index (κ3) is 2.90. The average molecular weight is 265 g/mol. The Balaban J connectivity index is 2.08. The van der Waals surface area contributed by atoms with E-state index < -0.39 is 0 Å². The molecule has 4 unspecified atom stereocenters. The fraction of sp³-hybridized carbons (Fsp3) is 0.600. The Morgan fingerprint density at radius 3 is 2.56 bits per heavy atom. The molecule has 0 bridgehead atoms. The molecular formula is C15H23NOS. The lowest BCUT2D eigenvalue weighted by molar-refractivity contribution is 0.0477. The summed E-state index contributed by atoms with van der Waals surface area (Å²) in [5.41, 5.74) is 1.35. The highest BCUT2D eigenvalue weighted by Gasteiger charge is 2.36. The van der Waals surface area contributed by atoms with Crippen molar-refractivity contribution in [2.24, 2.45) is 5.92 Å². The average Bonchev–Trinajstić information content (AvgIpc) is 2.40. The summed E-state index contributed by atoms with van der Waals surface area (Å²) in [6.45, 7) is 5.70. The van der Waals surface area contributed by atoms with Gasteiger partial charge < -0.3 is 5.11 Å². The van der Waals surface area contributed by atoms with E-state index in [1.54, 1.807) is 0 Å². The molecule has 0 spiro atoms. The Morgan fingerprint density at radius 1 is 1.28 bits per heavy atom. The molecule has 0 radical (unpaired) electrons. The van der Waals surface area contributed by atoms with Crippen LogP contribution in [0.2, 0.25) is 0 Å². The van der Waals surface area contributed by atoms with Crippen molar-refractivity contribution in [1.82, 2.24) is 4.90 Å². The molecule has 0 saturated carbocycles. The number of hydrogen-bond donors (Lipinski definition) is 2. The molecule has 1 N–H and O–H groups in total. The normalized spacial score (nSPS) is 33.6. The number of thiol groups is 1. The summed E-state index contributed by atoms with van der Waals surface area (Å²) in [5, 5.41) is 9.66. The molecule has 100 valence electrons. The van der Waals surface area contributed by atoms with Crippen molar-refractivity contribution < 1.29 is 5.11 Å². The smallest absolute Gasteiger partial charge is 0.0470 e. The van der Waals surface area contributed by atoms with Gasteiger partial charge in [-0.1, -0.05) is 30.3 Å². The first-order valence-electron chi connectivity index (χ1n) is 6.72. The molecule has 0 amide bonds. The summed E-state index contributed by atoms with van der Waals surface area (Å²) >= 11 is 4.70. The van der Waals surface area contributed by atoms with Gasteiger partial charge in [0.25, 0.3) is 0 Å². The Labute approximate surface area is 115 Å². The number of aliphatic hydroxyl groups excluding tert-OH is 1. The second-order valence-electron chi connectivity index (χ2n) is 5.42. The molecule has 1 fully saturated rings. The van der Waals surface area contributed by atoms with Crippen molar-refractivity contribution in [3.05, 3.63) is 35.9 Å². The Hall–Kier alpha value is -0.510. The topological polar surface area (TPSA) is 23.5 Å². The number of hydrogen-bond acceptors (Lipinski definition) is 3. The molecule has 3 heteroatoms. The first kappa shape index (κ1) is 13.9. The first-order valence-corrected chi connectivity index (χ1v) is 7.23. The quantitative estimate of drug-likeness (QED) is 0.821. The minimum Gasteiger partial charge on any atom is -0.396 e. The Bertz CT molecular complexity index is 370. The van der Waals surface area contributed by atoms with Gasteiger partial charge in [0.2, 0.25) is 0 Å². The summed E-state index contributed by atoms with van der Waals surface area (Å²) < 4.78 is 0. The molecule has 2 nitrogen and oxygen atoms in total. The molecule has 4 atom stereocenters. The van der Waals surface area contributed by atoms with Gasteiger partial charge in [0, 0.05) is 30.5 Å². The maximum absolute atomic E-state index is 9.41. The number of piperidine rings is 1. The summed E-state index contributed by atoms with van der Waals surface area (Å²) in [7, 11) is 0. The van der Waals surface area contributed by atoms with Gasteiger partial charge in [-0.15, -0.1) is 0 Å². The van der Waals surface area contributed by atoms with Gasteiger partial charge in [0.1, 0.15) is 0 Å². The maximum atomic E-state index is 9.41. The third-order valence-electron chi connectivity index (χ3n) is 4.15. The molecule has 1 aromatic carbocycles. The maximum Gasteiger partial charge on any atom is 0.0470 e. The van der Waals surface area contributed by atoms with Crippen LogP contribution >= 0.6 is 12.6 Å². The van der Waals surface area contributed by atoms with Crippen LogP contribution in [0.3, 0.4) is 0 Å².